The SMILES string of the molecule is O=C1CS[C@@]2(C(=O)N(Cc3ccc(Cl)c(Cl)c3)c3ccccc32)N1c1ccc(Cl)c(Cl)c1. The van der Waals surface area contributed by atoms with Crippen LogP contribution < -0.4 is 9.80 Å². The Morgan fingerprint density at radius 2 is 1.53 bits per heavy atom. The van der Waals surface area contributed by atoms with E-state index >= 15 is 0 Å². The van der Waals surface area contributed by atoms with E-state index in [1.165, 1.54) is 16.7 Å². The topological polar surface area (TPSA) is 40.6 Å². The molecule has 4 nitrogen and oxygen atoms in total. The normalized spacial score (nSPS) is 19.9. The summed E-state index contributed by atoms with van der Waals surface area (Å²) in [5, 5.41) is 1.56. The fourth-order valence-electron chi connectivity index (χ4n) is 4.16. The molecule has 3 aromatic carbocycles. The van der Waals surface area contributed by atoms with Gasteiger partial charge in [-0.1, -0.05) is 70.7 Å². The summed E-state index contributed by atoms with van der Waals surface area (Å²) in [6.07, 6.45) is 0. The molecule has 2 aliphatic heterocycles. The second-order valence-corrected chi connectivity index (χ2v) is 10.2. The molecule has 1 fully saturated rings. The first kappa shape index (κ1) is 21.9. The molecule has 0 saturated carbocycles. The summed E-state index contributed by atoms with van der Waals surface area (Å²) in [5.41, 5.74) is 2.85. The molecule has 2 amide bonds. The number of fused-ring (bicyclic) bond motifs is 2. The highest BCUT2D eigenvalue weighted by Gasteiger charge is 2.60. The molecular weight excluding hydrogens is 510 g/mol. The van der Waals surface area contributed by atoms with Gasteiger partial charge in [0.2, 0.25) is 10.8 Å². The fraction of sp³-hybridized carbons (Fsp3) is 0.130. The van der Waals surface area contributed by atoms with E-state index in [1.807, 2.05) is 30.3 Å². The molecule has 5 rings (SSSR count). The Labute approximate surface area is 209 Å². The summed E-state index contributed by atoms with van der Waals surface area (Å²) in [6, 6.07) is 17.7. The van der Waals surface area contributed by atoms with Gasteiger partial charge in [0.1, 0.15) is 0 Å². The van der Waals surface area contributed by atoms with Gasteiger partial charge in [-0.2, -0.15) is 0 Å². The molecule has 0 aliphatic carbocycles. The molecule has 1 spiro atoms. The van der Waals surface area contributed by atoms with Crippen LogP contribution in [0.25, 0.3) is 0 Å². The zero-order chi connectivity index (χ0) is 22.6. The van der Waals surface area contributed by atoms with Crippen molar-refractivity contribution in [3.8, 4) is 0 Å². The van der Waals surface area contributed by atoms with Crippen molar-refractivity contribution < 1.29 is 9.59 Å². The molecule has 0 radical (unpaired) electrons. The van der Waals surface area contributed by atoms with Gasteiger partial charge in [0.15, 0.2) is 0 Å². The van der Waals surface area contributed by atoms with Gasteiger partial charge in [-0.15, -0.1) is 11.8 Å². The number of carbonyl (C=O) groups is 2. The van der Waals surface area contributed by atoms with Gasteiger partial charge in [-0.3, -0.25) is 14.5 Å². The van der Waals surface area contributed by atoms with Crippen molar-refractivity contribution in [2.24, 2.45) is 0 Å². The first-order valence-electron chi connectivity index (χ1n) is 9.60. The Morgan fingerprint density at radius 3 is 2.25 bits per heavy atom. The maximum atomic E-state index is 14.0. The number of rotatable bonds is 3. The van der Waals surface area contributed by atoms with Crippen LogP contribution in [0.2, 0.25) is 20.1 Å². The average molecular weight is 524 g/mol. The lowest BCUT2D eigenvalue weighted by atomic mass is 10.0. The second kappa shape index (κ2) is 8.15. The monoisotopic (exact) mass is 522 g/mol. The van der Waals surface area contributed by atoms with Gasteiger partial charge in [0, 0.05) is 11.3 Å². The number of anilines is 2. The fourth-order valence-corrected chi connectivity index (χ4v) is 6.13. The number of nitrogens with zero attached hydrogens (tertiary/aromatic N) is 2. The first-order valence-corrected chi connectivity index (χ1v) is 12.1. The predicted molar refractivity (Wildman–Crippen MR) is 132 cm³/mol. The lowest BCUT2D eigenvalue weighted by Gasteiger charge is -2.33. The summed E-state index contributed by atoms with van der Waals surface area (Å²) in [7, 11) is 0. The molecule has 0 unspecified atom stereocenters. The van der Waals surface area contributed by atoms with Gasteiger partial charge in [0.25, 0.3) is 5.91 Å². The maximum Gasteiger partial charge on any atom is 0.269 e. The van der Waals surface area contributed by atoms with Crippen molar-refractivity contribution in [1.29, 1.82) is 0 Å². The molecule has 9 heteroatoms. The Balaban J connectivity index is 1.63. The van der Waals surface area contributed by atoms with E-state index in [9.17, 15) is 9.59 Å². The smallest absolute Gasteiger partial charge is 0.269 e. The Hall–Kier alpha value is -1.89. The van der Waals surface area contributed by atoms with Crippen molar-refractivity contribution in [2.75, 3.05) is 15.6 Å². The Kier molecular flexibility index (Phi) is 5.59. The molecule has 0 N–H and O–H groups in total. The van der Waals surface area contributed by atoms with Gasteiger partial charge < -0.3 is 4.90 Å². The van der Waals surface area contributed by atoms with Crippen LogP contribution in [0, 0.1) is 0 Å². The number of benzene rings is 3. The van der Waals surface area contributed by atoms with E-state index in [0.717, 1.165) is 16.8 Å². The van der Waals surface area contributed by atoms with Crippen molar-refractivity contribution in [1.82, 2.24) is 0 Å². The highest BCUT2D eigenvalue weighted by atomic mass is 35.5. The molecule has 3 aromatic rings. The van der Waals surface area contributed by atoms with E-state index < -0.39 is 4.87 Å². The third kappa shape index (κ3) is 3.30. The molecule has 0 bridgehead atoms. The summed E-state index contributed by atoms with van der Waals surface area (Å²) >= 11 is 25.9. The third-order valence-corrected chi connectivity index (χ3v) is 8.41. The van der Waals surface area contributed by atoms with Gasteiger partial charge >= 0.3 is 0 Å². The Bertz CT molecular complexity index is 1280. The molecule has 162 valence electrons. The maximum absolute atomic E-state index is 14.0. The van der Waals surface area contributed by atoms with Crippen LogP contribution in [-0.2, 0) is 21.0 Å². The molecule has 1 atom stereocenters. The molecule has 2 aliphatic rings. The predicted octanol–water partition coefficient (Wildman–Crippen LogP) is 6.78. The molecule has 1 saturated heterocycles. The largest absolute Gasteiger partial charge is 0.304 e. The minimum absolute atomic E-state index is 0.168. The van der Waals surface area contributed by atoms with E-state index in [0.29, 0.717) is 32.3 Å². The lowest BCUT2D eigenvalue weighted by Crippen LogP contribution is -2.49. The number of amides is 2. The number of halogens is 4. The van der Waals surface area contributed by atoms with Crippen LogP contribution >= 0.6 is 58.2 Å². The highest BCUT2D eigenvalue weighted by molar-refractivity contribution is 8.02. The van der Waals surface area contributed by atoms with Crippen molar-refractivity contribution in [3.63, 3.8) is 0 Å². The van der Waals surface area contributed by atoms with E-state index in [-0.39, 0.29) is 17.6 Å². The van der Waals surface area contributed by atoms with Crippen molar-refractivity contribution >= 4 is 81.4 Å². The summed E-state index contributed by atoms with van der Waals surface area (Å²) in [6.45, 7) is 0.290. The highest BCUT2D eigenvalue weighted by Crippen LogP contribution is 2.56. The quantitative estimate of drug-likeness (QED) is 0.380. The van der Waals surface area contributed by atoms with Crippen LogP contribution in [-0.4, -0.2) is 17.6 Å². The van der Waals surface area contributed by atoms with Crippen molar-refractivity contribution in [3.05, 3.63) is 91.9 Å². The van der Waals surface area contributed by atoms with E-state index in [1.54, 1.807) is 35.2 Å². The van der Waals surface area contributed by atoms with Gasteiger partial charge in [-0.05, 0) is 42.0 Å². The number of carbonyl (C=O) groups excluding carboxylic acids is 2. The molecular formula is C23H14Cl4N2O2S. The van der Waals surface area contributed by atoms with Crippen LogP contribution in [0.15, 0.2) is 60.7 Å². The van der Waals surface area contributed by atoms with Crippen LogP contribution in [0.4, 0.5) is 11.4 Å². The number of thioether (sulfide) groups is 1. The minimum Gasteiger partial charge on any atom is -0.304 e. The molecule has 32 heavy (non-hydrogen) atoms. The zero-order valence-electron chi connectivity index (χ0n) is 16.3. The lowest BCUT2D eigenvalue weighted by molar-refractivity contribution is -0.123. The van der Waals surface area contributed by atoms with E-state index in [2.05, 4.69) is 0 Å². The van der Waals surface area contributed by atoms with Crippen LogP contribution in [0.5, 0.6) is 0 Å². The summed E-state index contributed by atoms with van der Waals surface area (Å²) in [5.74, 6) is -0.208. The summed E-state index contributed by atoms with van der Waals surface area (Å²) in [4.78, 5) is 29.1. The third-order valence-electron chi connectivity index (χ3n) is 5.55. The standard InChI is InChI=1S/C23H14Cl4N2O2S/c24-16-7-5-13(9-18(16)26)11-28-20-4-2-1-3-15(20)23(22(28)31)29(21(30)12-32-23)14-6-8-17(25)19(27)10-14/h1-10H,11-12H2/t23-/m0/s1. The van der Waals surface area contributed by atoms with Crippen LogP contribution in [0.3, 0.4) is 0 Å². The van der Waals surface area contributed by atoms with Crippen molar-refractivity contribution in [2.45, 2.75) is 11.4 Å². The number of para-hydroxylation sites is 1. The minimum atomic E-state index is -1.22. The Morgan fingerprint density at radius 1 is 0.844 bits per heavy atom. The molecule has 2 heterocycles. The van der Waals surface area contributed by atoms with E-state index in [4.69, 9.17) is 46.4 Å². The average Bonchev–Trinajstić information content (AvgIpc) is 3.24. The zero-order valence-corrected chi connectivity index (χ0v) is 20.2. The van der Waals surface area contributed by atoms with Gasteiger partial charge in [0.05, 0.1) is 38.1 Å². The van der Waals surface area contributed by atoms with Gasteiger partial charge in [-0.25, -0.2) is 0 Å². The number of hydrogen-bond donors (Lipinski definition) is 0. The second-order valence-electron chi connectivity index (χ2n) is 7.42. The number of hydrogen-bond acceptors (Lipinski definition) is 3. The van der Waals surface area contributed by atoms with Crippen LogP contribution in [0.1, 0.15) is 11.1 Å². The molecule has 0 aromatic heterocycles. The summed E-state index contributed by atoms with van der Waals surface area (Å²) < 4.78 is 0. The first-order chi connectivity index (χ1) is 15.3.